The lowest BCUT2D eigenvalue weighted by molar-refractivity contribution is 0.199. The zero-order chi connectivity index (χ0) is 13.0. The number of ether oxygens (including phenoxy) is 2. The molecule has 0 aromatic heterocycles. The van der Waals surface area contributed by atoms with Crippen LogP contribution in [0.1, 0.15) is 18.4 Å². The third kappa shape index (κ3) is 4.27. The van der Waals surface area contributed by atoms with E-state index in [1.807, 2.05) is 12.1 Å². The van der Waals surface area contributed by atoms with Crippen molar-refractivity contribution in [3.63, 3.8) is 0 Å². The number of piperidine rings is 1. The summed E-state index contributed by atoms with van der Waals surface area (Å²) in [7, 11) is 3.36. The lowest BCUT2D eigenvalue weighted by Gasteiger charge is -2.31. The summed E-state index contributed by atoms with van der Waals surface area (Å²) in [6.45, 7) is 2.97. The number of nitrogens with two attached hydrogens (primary N) is 1. The third-order valence-electron chi connectivity index (χ3n) is 3.43. The van der Waals surface area contributed by atoms with Crippen LogP contribution in [0.25, 0.3) is 0 Å². The summed E-state index contributed by atoms with van der Waals surface area (Å²) in [6, 6.07) is 6.28. The maximum absolute atomic E-state index is 6.00. The van der Waals surface area contributed by atoms with E-state index in [9.17, 15) is 0 Å². The van der Waals surface area contributed by atoms with E-state index in [4.69, 9.17) is 15.2 Å². The highest BCUT2D eigenvalue weighted by Crippen LogP contribution is 2.26. The fraction of sp³-hybridized carbons (Fsp3) is 0.571. The molecule has 1 aliphatic rings. The number of nitrogens with zero attached hydrogens (tertiary/aromatic N) is 1. The Labute approximate surface area is 121 Å². The van der Waals surface area contributed by atoms with Crippen LogP contribution in [0.5, 0.6) is 11.5 Å². The van der Waals surface area contributed by atoms with Gasteiger partial charge in [0.25, 0.3) is 0 Å². The van der Waals surface area contributed by atoms with Crippen molar-refractivity contribution in [2.75, 3.05) is 27.3 Å². The van der Waals surface area contributed by atoms with E-state index in [0.29, 0.717) is 6.04 Å². The number of benzene rings is 1. The van der Waals surface area contributed by atoms with E-state index in [0.717, 1.165) is 37.6 Å². The van der Waals surface area contributed by atoms with Gasteiger partial charge < -0.3 is 15.2 Å². The predicted octanol–water partition coefficient (Wildman–Crippen LogP) is 2.05. The number of hydrogen-bond donors (Lipinski definition) is 1. The quantitative estimate of drug-likeness (QED) is 0.920. The van der Waals surface area contributed by atoms with Gasteiger partial charge in [-0.05, 0) is 25.5 Å². The van der Waals surface area contributed by atoms with Gasteiger partial charge >= 0.3 is 0 Å². The van der Waals surface area contributed by atoms with Gasteiger partial charge in [-0.3, -0.25) is 4.90 Å². The van der Waals surface area contributed by atoms with Crippen LogP contribution in [0.2, 0.25) is 0 Å². The molecule has 2 N–H and O–H groups in total. The highest BCUT2D eigenvalue weighted by atomic mass is 35.5. The van der Waals surface area contributed by atoms with E-state index in [1.54, 1.807) is 14.2 Å². The first-order valence-corrected chi connectivity index (χ1v) is 6.41. The average molecular weight is 287 g/mol. The smallest absolute Gasteiger partial charge is 0.127 e. The molecule has 1 saturated heterocycles. The molecule has 1 aromatic rings. The predicted molar refractivity (Wildman–Crippen MR) is 79.3 cm³/mol. The van der Waals surface area contributed by atoms with Crippen molar-refractivity contribution >= 4 is 12.4 Å². The van der Waals surface area contributed by atoms with E-state index < -0.39 is 0 Å². The molecule has 0 amide bonds. The monoisotopic (exact) mass is 286 g/mol. The molecule has 19 heavy (non-hydrogen) atoms. The molecular formula is C14H23ClN2O2. The summed E-state index contributed by atoms with van der Waals surface area (Å²) in [5.41, 5.74) is 7.19. The number of methoxy groups -OCH3 is 2. The van der Waals surface area contributed by atoms with Gasteiger partial charge in [0.2, 0.25) is 0 Å². The molecular weight excluding hydrogens is 264 g/mol. The summed E-state index contributed by atoms with van der Waals surface area (Å²) in [6.07, 6.45) is 2.32. The maximum atomic E-state index is 6.00. The lowest BCUT2D eigenvalue weighted by atomic mass is 10.1. The van der Waals surface area contributed by atoms with Crippen LogP contribution in [0.4, 0.5) is 0 Å². The van der Waals surface area contributed by atoms with Crippen LogP contribution in [-0.2, 0) is 6.54 Å². The minimum absolute atomic E-state index is 0. The van der Waals surface area contributed by atoms with E-state index in [-0.39, 0.29) is 12.4 Å². The third-order valence-corrected chi connectivity index (χ3v) is 3.43. The minimum Gasteiger partial charge on any atom is -0.497 e. The van der Waals surface area contributed by atoms with Crippen molar-refractivity contribution in [3.05, 3.63) is 23.8 Å². The van der Waals surface area contributed by atoms with Crippen LogP contribution in [-0.4, -0.2) is 38.3 Å². The topological polar surface area (TPSA) is 47.7 Å². The Hall–Kier alpha value is -0.970. The second kappa shape index (κ2) is 7.58. The Morgan fingerprint density at radius 1 is 1.32 bits per heavy atom. The van der Waals surface area contributed by atoms with Gasteiger partial charge in [0.15, 0.2) is 0 Å². The first kappa shape index (κ1) is 16.1. The highest BCUT2D eigenvalue weighted by Gasteiger charge is 2.18. The zero-order valence-corrected chi connectivity index (χ0v) is 12.4. The molecule has 4 nitrogen and oxygen atoms in total. The first-order chi connectivity index (χ1) is 8.72. The highest BCUT2D eigenvalue weighted by molar-refractivity contribution is 5.85. The molecule has 0 radical (unpaired) electrons. The SMILES string of the molecule is COc1ccc(CN2CCCC(N)C2)c(OC)c1.Cl. The lowest BCUT2D eigenvalue weighted by Crippen LogP contribution is -2.42. The van der Waals surface area contributed by atoms with Gasteiger partial charge in [0, 0.05) is 30.8 Å². The standard InChI is InChI=1S/C14H22N2O2.ClH/c1-17-13-6-5-11(14(8-13)18-2)9-16-7-3-4-12(15)10-16;/h5-6,8,12H,3-4,7,9-10,15H2,1-2H3;1H. The van der Waals surface area contributed by atoms with Gasteiger partial charge in [-0.1, -0.05) is 6.07 Å². The van der Waals surface area contributed by atoms with Crippen LogP contribution in [0.15, 0.2) is 18.2 Å². The molecule has 2 rings (SSSR count). The largest absolute Gasteiger partial charge is 0.497 e. The summed E-state index contributed by atoms with van der Waals surface area (Å²) in [5.74, 6) is 1.71. The van der Waals surface area contributed by atoms with Gasteiger partial charge in [0.05, 0.1) is 14.2 Å². The van der Waals surface area contributed by atoms with Gasteiger partial charge in [-0.15, -0.1) is 12.4 Å². The van der Waals surface area contributed by atoms with Crippen molar-refractivity contribution in [2.45, 2.75) is 25.4 Å². The van der Waals surface area contributed by atoms with Gasteiger partial charge in [0.1, 0.15) is 11.5 Å². The molecule has 1 heterocycles. The van der Waals surface area contributed by atoms with Crippen LogP contribution >= 0.6 is 12.4 Å². The Bertz CT molecular complexity index is 401. The normalized spacial score (nSPS) is 19.6. The molecule has 0 bridgehead atoms. The first-order valence-electron chi connectivity index (χ1n) is 6.41. The molecule has 108 valence electrons. The Morgan fingerprint density at radius 2 is 2.11 bits per heavy atom. The Kier molecular flexibility index (Phi) is 6.42. The van der Waals surface area contributed by atoms with Crippen molar-refractivity contribution in [2.24, 2.45) is 5.73 Å². The molecule has 0 spiro atoms. The van der Waals surface area contributed by atoms with Gasteiger partial charge in [-0.2, -0.15) is 0 Å². The van der Waals surface area contributed by atoms with Crippen molar-refractivity contribution in [1.29, 1.82) is 0 Å². The van der Waals surface area contributed by atoms with Crippen LogP contribution < -0.4 is 15.2 Å². The zero-order valence-electron chi connectivity index (χ0n) is 11.6. The Balaban J connectivity index is 0.00000180. The molecule has 5 heteroatoms. The van der Waals surface area contributed by atoms with Crippen LogP contribution in [0, 0.1) is 0 Å². The molecule has 1 atom stereocenters. The number of hydrogen-bond acceptors (Lipinski definition) is 4. The second-order valence-electron chi connectivity index (χ2n) is 4.82. The molecule has 1 unspecified atom stereocenters. The van der Waals surface area contributed by atoms with Crippen molar-refractivity contribution in [3.8, 4) is 11.5 Å². The molecule has 1 fully saturated rings. The molecule has 1 aromatic carbocycles. The summed E-state index contributed by atoms with van der Waals surface area (Å²) < 4.78 is 10.6. The number of likely N-dealkylation sites (tertiary alicyclic amines) is 1. The molecule has 0 aliphatic carbocycles. The number of halogens is 1. The maximum Gasteiger partial charge on any atom is 0.127 e. The fourth-order valence-electron chi connectivity index (χ4n) is 2.46. The fourth-order valence-corrected chi connectivity index (χ4v) is 2.46. The summed E-state index contributed by atoms with van der Waals surface area (Å²) in [5, 5.41) is 0. The van der Waals surface area contributed by atoms with Crippen molar-refractivity contribution < 1.29 is 9.47 Å². The minimum atomic E-state index is 0. The van der Waals surface area contributed by atoms with E-state index in [2.05, 4.69) is 11.0 Å². The van der Waals surface area contributed by atoms with Crippen LogP contribution in [0.3, 0.4) is 0 Å². The molecule has 0 saturated carbocycles. The van der Waals surface area contributed by atoms with Crippen molar-refractivity contribution in [1.82, 2.24) is 4.90 Å². The van der Waals surface area contributed by atoms with E-state index >= 15 is 0 Å². The average Bonchev–Trinajstić information content (AvgIpc) is 2.39. The van der Waals surface area contributed by atoms with E-state index in [1.165, 1.54) is 12.0 Å². The summed E-state index contributed by atoms with van der Waals surface area (Å²) in [4.78, 5) is 2.39. The number of rotatable bonds is 4. The summed E-state index contributed by atoms with van der Waals surface area (Å²) >= 11 is 0. The Morgan fingerprint density at radius 3 is 2.74 bits per heavy atom. The van der Waals surface area contributed by atoms with Gasteiger partial charge in [-0.25, -0.2) is 0 Å². The molecule has 1 aliphatic heterocycles. The second-order valence-corrected chi connectivity index (χ2v) is 4.82.